The van der Waals surface area contributed by atoms with Crippen molar-refractivity contribution < 1.29 is 8.78 Å². The van der Waals surface area contributed by atoms with Gasteiger partial charge in [-0.25, -0.2) is 8.78 Å². The number of halogens is 2. The van der Waals surface area contributed by atoms with Crippen molar-refractivity contribution in [1.29, 1.82) is 0 Å². The second kappa shape index (κ2) is 5.40. The fourth-order valence-electron chi connectivity index (χ4n) is 1.47. The third-order valence-corrected chi connectivity index (χ3v) is 2.52. The Hall–Kier alpha value is -2.23. The number of benzene rings is 2. The van der Waals surface area contributed by atoms with Crippen LogP contribution >= 0.6 is 0 Å². The second-order valence-electron chi connectivity index (χ2n) is 3.81. The molecule has 1 N–H and O–H groups in total. The molecule has 2 aromatic carbocycles. The van der Waals surface area contributed by atoms with Crippen LogP contribution in [-0.2, 0) is 0 Å². The summed E-state index contributed by atoms with van der Waals surface area (Å²) in [5.74, 6) is -1.14. The molecule has 0 saturated heterocycles. The first-order valence-electron chi connectivity index (χ1n) is 5.47. The Morgan fingerprint density at radius 3 is 2.50 bits per heavy atom. The summed E-state index contributed by atoms with van der Waals surface area (Å²) in [6, 6.07) is 11.9. The molecule has 0 aliphatic rings. The normalized spacial score (nSPS) is 10.8. The second-order valence-corrected chi connectivity index (χ2v) is 3.81. The molecule has 2 nitrogen and oxygen atoms in total. The summed E-state index contributed by atoms with van der Waals surface area (Å²) in [6.45, 7) is 1.40. The summed E-state index contributed by atoms with van der Waals surface area (Å²) in [7, 11) is 0. The van der Waals surface area contributed by atoms with Crippen LogP contribution in [0.5, 0.6) is 0 Å². The Morgan fingerprint density at radius 2 is 1.78 bits per heavy atom. The van der Waals surface area contributed by atoms with Gasteiger partial charge in [0, 0.05) is 11.1 Å². The number of nitrogens with zero attached hydrogens (tertiary/aromatic N) is 1. The zero-order valence-electron chi connectivity index (χ0n) is 9.82. The lowest BCUT2D eigenvalue weighted by Crippen LogP contribution is -1.97. The first kappa shape index (κ1) is 12.2. The third-order valence-electron chi connectivity index (χ3n) is 2.52. The van der Waals surface area contributed by atoms with Crippen LogP contribution in [0, 0.1) is 18.6 Å². The van der Waals surface area contributed by atoms with Gasteiger partial charge in [0.1, 0.15) is 11.6 Å². The Labute approximate surface area is 104 Å². The SMILES string of the molecule is Cc1c(F)ccc(C=NNc2ccccc2)c1F. The lowest BCUT2D eigenvalue weighted by molar-refractivity contribution is 0.567. The zero-order chi connectivity index (χ0) is 13.0. The van der Waals surface area contributed by atoms with Crippen molar-refractivity contribution in [2.75, 3.05) is 5.43 Å². The Bertz CT molecular complexity index is 566. The van der Waals surface area contributed by atoms with Gasteiger partial charge >= 0.3 is 0 Å². The van der Waals surface area contributed by atoms with E-state index in [0.29, 0.717) is 0 Å². The van der Waals surface area contributed by atoms with Crippen LogP contribution < -0.4 is 5.43 Å². The molecule has 0 unspecified atom stereocenters. The van der Waals surface area contributed by atoms with E-state index in [2.05, 4.69) is 10.5 Å². The molecule has 18 heavy (non-hydrogen) atoms. The summed E-state index contributed by atoms with van der Waals surface area (Å²) in [6.07, 6.45) is 1.33. The molecule has 0 radical (unpaired) electrons. The molecule has 0 aliphatic carbocycles. The monoisotopic (exact) mass is 246 g/mol. The van der Waals surface area contributed by atoms with Gasteiger partial charge in [0.2, 0.25) is 0 Å². The van der Waals surface area contributed by atoms with E-state index < -0.39 is 11.6 Å². The summed E-state index contributed by atoms with van der Waals surface area (Å²) in [4.78, 5) is 0. The Balaban J connectivity index is 2.13. The van der Waals surface area contributed by atoms with Crippen LogP contribution in [0.3, 0.4) is 0 Å². The lowest BCUT2D eigenvalue weighted by atomic mass is 10.1. The molecule has 2 rings (SSSR count). The summed E-state index contributed by atoms with van der Waals surface area (Å²) < 4.78 is 26.7. The van der Waals surface area contributed by atoms with Crippen LogP contribution in [0.15, 0.2) is 47.6 Å². The largest absolute Gasteiger partial charge is 0.279 e. The van der Waals surface area contributed by atoms with Crippen molar-refractivity contribution >= 4 is 11.9 Å². The van der Waals surface area contributed by atoms with E-state index in [0.717, 1.165) is 5.69 Å². The Kier molecular flexibility index (Phi) is 3.67. The highest BCUT2D eigenvalue weighted by molar-refractivity contribution is 5.80. The van der Waals surface area contributed by atoms with Gasteiger partial charge in [-0.2, -0.15) is 5.10 Å². The van der Waals surface area contributed by atoms with Gasteiger partial charge in [-0.1, -0.05) is 18.2 Å². The minimum atomic E-state index is -0.589. The fourth-order valence-corrected chi connectivity index (χ4v) is 1.47. The molecule has 0 spiro atoms. The Morgan fingerprint density at radius 1 is 1.06 bits per heavy atom. The highest BCUT2D eigenvalue weighted by Gasteiger charge is 2.07. The molecule has 4 heteroatoms. The number of anilines is 1. The standard InChI is InChI=1S/C14H12F2N2/c1-10-13(15)8-7-11(14(10)16)9-17-18-12-5-3-2-4-6-12/h2-9,18H,1H3. The molecule has 0 bridgehead atoms. The molecule has 92 valence electrons. The molecule has 0 fully saturated rings. The fraction of sp³-hybridized carbons (Fsp3) is 0.0714. The maximum absolute atomic E-state index is 13.6. The predicted octanol–water partition coefficient (Wildman–Crippen LogP) is 3.72. The smallest absolute Gasteiger partial charge is 0.137 e. The van der Waals surface area contributed by atoms with E-state index in [1.165, 1.54) is 25.3 Å². The van der Waals surface area contributed by atoms with Crippen molar-refractivity contribution in [1.82, 2.24) is 0 Å². The van der Waals surface area contributed by atoms with Crippen LogP contribution in [0.4, 0.5) is 14.5 Å². The van der Waals surface area contributed by atoms with Gasteiger partial charge in [0.05, 0.1) is 11.9 Å². The maximum atomic E-state index is 13.6. The van der Waals surface area contributed by atoms with Crippen molar-refractivity contribution in [2.24, 2.45) is 5.10 Å². The predicted molar refractivity (Wildman–Crippen MR) is 68.8 cm³/mol. The summed E-state index contributed by atoms with van der Waals surface area (Å²) >= 11 is 0. The first-order valence-corrected chi connectivity index (χ1v) is 5.47. The van der Waals surface area contributed by atoms with E-state index in [4.69, 9.17) is 0 Å². The lowest BCUT2D eigenvalue weighted by Gasteiger charge is -2.02. The minimum Gasteiger partial charge on any atom is -0.279 e. The highest BCUT2D eigenvalue weighted by Crippen LogP contribution is 2.14. The number of hydrogen-bond acceptors (Lipinski definition) is 2. The molecule has 0 atom stereocenters. The van der Waals surface area contributed by atoms with Crippen molar-refractivity contribution in [3.63, 3.8) is 0 Å². The minimum absolute atomic E-state index is 0.00124. The average molecular weight is 246 g/mol. The highest BCUT2D eigenvalue weighted by atomic mass is 19.1. The number of rotatable bonds is 3. The van der Waals surface area contributed by atoms with Gasteiger partial charge in [0.25, 0.3) is 0 Å². The van der Waals surface area contributed by atoms with E-state index in [1.54, 1.807) is 0 Å². The molecule has 0 aromatic heterocycles. The van der Waals surface area contributed by atoms with Gasteiger partial charge in [0.15, 0.2) is 0 Å². The van der Waals surface area contributed by atoms with Crippen LogP contribution in [0.1, 0.15) is 11.1 Å². The third kappa shape index (κ3) is 2.71. The number of para-hydroxylation sites is 1. The molecular weight excluding hydrogens is 234 g/mol. The molecule has 0 saturated carbocycles. The van der Waals surface area contributed by atoms with Gasteiger partial charge in [-0.3, -0.25) is 5.43 Å². The zero-order valence-corrected chi connectivity index (χ0v) is 9.82. The van der Waals surface area contributed by atoms with Gasteiger partial charge in [-0.05, 0) is 31.2 Å². The number of nitrogens with one attached hydrogen (secondary N) is 1. The molecule has 0 amide bonds. The van der Waals surface area contributed by atoms with Crippen molar-refractivity contribution in [3.8, 4) is 0 Å². The first-order chi connectivity index (χ1) is 8.68. The molecule has 0 heterocycles. The van der Waals surface area contributed by atoms with Gasteiger partial charge in [-0.15, -0.1) is 0 Å². The van der Waals surface area contributed by atoms with Crippen LogP contribution in [0.25, 0.3) is 0 Å². The van der Waals surface area contributed by atoms with Crippen LogP contribution in [0.2, 0.25) is 0 Å². The molecule has 0 aliphatic heterocycles. The number of hydrazone groups is 1. The summed E-state index contributed by atoms with van der Waals surface area (Å²) in [5.41, 5.74) is 3.81. The maximum Gasteiger partial charge on any atom is 0.137 e. The van der Waals surface area contributed by atoms with Crippen molar-refractivity contribution in [3.05, 3.63) is 65.2 Å². The average Bonchev–Trinajstić information content (AvgIpc) is 2.40. The molecule has 2 aromatic rings. The number of hydrogen-bond donors (Lipinski definition) is 1. The van der Waals surface area contributed by atoms with E-state index in [9.17, 15) is 8.78 Å². The summed E-state index contributed by atoms with van der Waals surface area (Å²) in [5, 5.41) is 3.91. The van der Waals surface area contributed by atoms with E-state index >= 15 is 0 Å². The van der Waals surface area contributed by atoms with Crippen molar-refractivity contribution in [2.45, 2.75) is 6.92 Å². The quantitative estimate of drug-likeness (QED) is 0.647. The van der Waals surface area contributed by atoms with E-state index in [1.807, 2.05) is 30.3 Å². The van der Waals surface area contributed by atoms with Gasteiger partial charge < -0.3 is 0 Å². The van der Waals surface area contributed by atoms with E-state index in [-0.39, 0.29) is 11.1 Å². The topological polar surface area (TPSA) is 24.4 Å². The van der Waals surface area contributed by atoms with Crippen LogP contribution in [-0.4, -0.2) is 6.21 Å². The molecular formula is C14H12F2N2.